The van der Waals surface area contributed by atoms with Crippen molar-refractivity contribution in [3.05, 3.63) is 29.3 Å². The van der Waals surface area contributed by atoms with Crippen LogP contribution in [0.1, 0.15) is 76.7 Å². The van der Waals surface area contributed by atoms with Gasteiger partial charge in [0, 0.05) is 5.92 Å². The summed E-state index contributed by atoms with van der Waals surface area (Å²) in [6.45, 7) is 3.71. The molecule has 0 radical (unpaired) electrons. The molecule has 160 valence electrons. The summed E-state index contributed by atoms with van der Waals surface area (Å²) < 4.78 is 45.3. The first kappa shape index (κ1) is 23.3. The molecule has 1 atom stereocenters. The third-order valence-electron chi connectivity index (χ3n) is 5.65. The van der Waals surface area contributed by atoms with E-state index in [1.54, 1.807) is 13.0 Å². The van der Waals surface area contributed by atoms with Gasteiger partial charge in [0.15, 0.2) is 11.6 Å². The van der Waals surface area contributed by atoms with E-state index in [4.69, 9.17) is 14.5 Å². The molecule has 1 aliphatic rings. The maximum atomic E-state index is 14.6. The summed E-state index contributed by atoms with van der Waals surface area (Å²) in [5, 5.41) is 0. The van der Waals surface area contributed by atoms with Crippen LogP contribution in [0.2, 0.25) is 0 Å². The summed E-state index contributed by atoms with van der Waals surface area (Å²) in [5.74, 6) is -1.79. The number of halogens is 2. The first-order chi connectivity index (χ1) is 13.2. The predicted octanol–water partition coefficient (Wildman–Crippen LogP) is 6.01. The first-order valence-electron chi connectivity index (χ1n) is 10.4. The van der Waals surface area contributed by atoms with Crippen LogP contribution in [0, 0.1) is 23.5 Å². The fourth-order valence-electron chi connectivity index (χ4n) is 4.11. The Bertz CT molecular complexity index is 669. The van der Waals surface area contributed by atoms with Gasteiger partial charge in [0.1, 0.15) is 0 Å². The summed E-state index contributed by atoms with van der Waals surface area (Å²) in [6.07, 6.45) is 8.50. The van der Waals surface area contributed by atoms with Crippen molar-refractivity contribution in [2.75, 3.05) is 12.8 Å². The van der Waals surface area contributed by atoms with Gasteiger partial charge in [0.05, 0.1) is 12.8 Å². The Morgan fingerprint density at radius 2 is 1.82 bits per heavy atom. The van der Waals surface area contributed by atoms with Gasteiger partial charge in [-0.3, -0.25) is 4.57 Å². The molecule has 2 rings (SSSR count). The maximum Gasteiger partial charge on any atom is 0.325 e. The number of hydrogen-bond acceptors (Lipinski definition) is 2. The van der Waals surface area contributed by atoms with Crippen LogP contribution in [0.4, 0.5) is 8.78 Å². The van der Waals surface area contributed by atoms with E-state index in [0.717, 1.165) is 25.7 Å². The normalized spacial score (nSPS) is 21.5. The third kappa shape index (κ3) is 7.13. The molecule has 7 heteroatoms. The maximum absolute atomic E-state index is 14.6. The highest BCUT2D eigenvalue weighted by Gasteiger charge is 2.27. The number of rotatable bonds is 10. The van der Waals surface area contributed by atoms with Crippen LogP contribution in [0.25, 0.3) is 0 Å². The van der Waals surface area contributed by atoms with Crippen molar-refractivity contribution >= 4 is 7.60 Å². The molecule has 0 amide bonds. The van der Waals surface area contributed by atoms with Crippen LogP contribution in [0.15, 0.2) is 12.1 Å². The topological polar surface area (TPSA) is 66.8 Å². The Morgan fingerprint density at radius 3 is 2.43 bits per heavy atom. The van der Waals surface area contributed by atoms with Crippen molar-refractivity contribution in [2.45, 2.75) is 71.1 Å². The molecule has 1 fully saturated rings. The molecule has 1 aromatic rings. The first-order valence-corrected chi connectivity index (χ1v) is 12.2. The van der Waals surface area contributed by atoms with E-state index in [0.29, 0.717) is 11.5 Å². The van der Waals surface area contributed by atoms with E-state index in [1.807, 2.05) is 0 Å². The van der Waals surface area contributed by atoms with Crippen LogP contribution in [-0.2, 0) is 4.57 Å². The zero-order valence-corrected chi connectivity index (χ0v) is 17.8. The third-order valence-corrected chi connectivity index (χ3v) is 6.75. The van der Waals surface area contributed by atoms with Crippen molar-refractivity contribution < 1.29 is 27.9 Å². The molecular weight excluding hydrogens is 385 g/mol. The van der Waals surface area contributed by atoms with Gasteiger partial charge in [0.25, 0.3) is 0 Å². The average Bonchev–Trinajstić information content (AvgIpc) is 2.62. The second-order valence-corrected chi connectivity index (χ2v) is 9.95. The molecule has 1 aliphatic carbocycles. The molecule has 4 nitrogen and oxygen atoms in total. The summed E-state index contributed by atoms with van der Waals surface area (Å²) in [7, 11) is -4.15. The summed E-state index contributed by atoms with van der Waals surface area (Å²) in [6, 6.07) is 3.04. The highest BCUT2D eigenvalue weighted by Crippen LogP contribution is 2.40. The zero-order chi connectivity index (χ0) is 20.7. The number of benzene rings is 1. The fourth-order valence-corrected chi connectivity index (χ4v) is 5.03. The largest absolute Gasteiger partial charge is 0.490 e. The minimum atomic E-state index is -4.15. The van der Waals surface area contributed by atoms with Gasteiger partial charge in [0.2, 0.25) is 5.82 Å². The van der Waals surface area contributed by atoms with Crippen molar-refractivity contribution in [1.29, 1.82) is 0 Å². The molecule has 2 N–H and O–H groups in total. The molecule has 0 aliphatic heterocycles. The molecular formula is C21H33F2O4P. The van der Waals surface area contributed by atoms with E-state index >= 15 is 0 Å². The van der Waals surface area contributed by atoms with Gasteiger partial charge in [-0.25, -0.2) is 4.39 Å². The van der Waals surface area contributed by atoms with Crippen molar-refractivity contribution in [3.63, 3.8) is 0 Å². The van der Waals surface area contributed by atoms with Crippen LogP contribution < -0.4 is 4.74 Å². The number of ether oxygens (including phenoxy) is 1. The molecule has 0 saturated heterocycles. The zero-order valence-electron chi connectivity index (χ0n) is 16.9. The molecule has 0 bridgehead atoms. The lowest BCUT2D eigenvalue weighted by molar-refractivity contribution is 0.248. The van der Waals surface area contributed by atoms with Gasteiger partial charge in [-0.1, -0.05) is 45.6 Å². The molecule has 1 unspecified atom stereocenters. The van der Waals surface area contributed by atoms with Crippen molar-refractivity contribution in [1.82, 2.24) is 0 Å². The van der Waals surface area contributed by atoms with E-state index in [1.165, 1.54) is 31.7 Å². The molecule has 28 heavy (non-hydrogen) atoms. The average molecular weight is 418 g/mol. The van der Waals surface area contributed by atoms with Crippen LogP contribution in [0.5, 0.6) is 5.75 Å². The lowest BCUT2D eigenvalue weighted by Crippen LogP contribution is -2.16. The van der Waals surface area contributed by atoms with Gasteiger partial charge in [-0.15, -0.1) is 0 Å². The quantitative estimate of drug-likeness (QED) is 0.361. The Kier molecular flexibility index (Phi) is 8.91. The molecule has 0 aromatic heterocycles. The van der Waals surface area contributed by atoms with Crippen LogP contribution >= 0.6 is 7.60 Å². The Labute approximate surface area is 166 Å². The Balaban J connectivity index is 1.92. The molecule has 0 spiro atoms. The lowest BCUT2D eigenvalue weighted by Gasteiger charge is -2.29. The lowest BCUT2D eigenvalue weighted by atomic mass is 9.77. The van der Waals surface area contributed by atoms with E-state index in [2.05, 4.69) is 6.92 Å². The number of hydrogen-bond donors (Lipinski definition) is 2. The predicted molar refractivity (Wildman–Crippen MR) is 107 cm³/mol. The van der Waals surface area contributed by atoms with E-state index in [-0.39, 0.29) is 24.4 Å². The minimum absolute atomic E-state index is 0.0413. The van der Waals surface area contributed by atoms with Crippen molar-refractivity contribution in [3.8, 4) is 5.75 Å². The summed E-state index contributed by atoms with van der Waals surface area (Å²) in [4.78, 5) is 17.9. The highest BCUT2D eigenvalue weighted by molar-refractivity contribution is 7.51. The van der Waals surface area contributed by atoms with Gasteiger partial charge in [-0.2, -0.15) is 4.39 Å². The SMILES string of the molecule is CCCCCC1CCC(c2ccc(OCC(C)CP(=O)(O)O)c(F)c2F)CC1. The van der Waals surface area contributed by atoms with Gasteiger partial charge < -0.3 is 14.5 Å². The molecule has 0 heterocycles. The van der Waals surface area contributed by atoms with E-state index in [9.17, 15) is 13.3 Å². The highest BCUT2D eigenvalue weighted by atomic mass is 31.2. The second kappa shape index (κ2) is 10.7. The van der Waals surface area contributed by atoms with Gasteiger partial charge in [-0.05, 0) is 49.1 Å². The van der Waals surface area contributed by atoms with Crippen LogP contribution in [0.3, 0.4) is 0 Å². The fraction of sp³-hybridized carbons (Fsp3) is 0.714. The van der Waals surface area contributed by atoms with Gasteiger partial charge >= 0.3 is 7.60 Å². The monoisotopic (exact) mass is 418 g/mol. The smallest absolute Gasteiger partial charge is 0.325 e. The number of unbranched alkanes of at least 4 members (excludes halogenated alkanes) is 2. The Hall–Kier alpha value is -0.970. The summed E-state index contributed by atoms with van der Waals surface area (Å²) >= 11 is 0. The van der Waals surface area contributed by atoms with Crippen molar-refractivity contribution in [2.24, 2.45) is 11.8 Å². The second-order valence-electron chi connectivity index (χ2n) is 8.26. The Morgan fingerprint density at radius 1 is 1.14 bits per heavy atom. The standard InChI is InChI=1S/C21H33F2O4P/c1-3-4-5-6-16-7-9-17(10-8-16)18-11-12-19(21(23)20(18)22)27-13-15(2)14-28(24,25)26/h11-12,15-17H,3-10,13-14H2,1-2H3,(H2,24,25,26). The molecule has 1 saturated carbocycles. The summed E-state index contributed by atoms with van der Waals surface area (Å²) in [5.41, 5.74) is 0.417. The minimum Gasteiger partial charge on any atom is -0.490 e. The van der Waals surface area contributed by atoms with E-state index < -0.39 is 25.1 Å². The molecule has 1 aromatic carbocycles. The van der Waals surface area contributed by atoms with Crippen LogP contribution in [-0.4, -0.2) is 22.6 Å².